The van der Waals surface area contributed by atoms with Crippen molar-refractivity contribution in [2.24, 2.45) is 0 Å². The largest absolute Gasteiger partial charge is 0.484 e. The number of hydrogen-bond acceptors (Lipinski definition) is 6. The summed E-state index contributed by atoms with van der Waals surface area (Å²) in [7, 11) is 0. The van der Waals surface area contributed by atoms with Crippen LogP contribution >= 0.6 is 39.3 Å². The summed E-state index contributed by atoms with van der Waals surface area (Å²) in [5, 5.41) is 5.27. The molecule has 1 aliphatic rings. The highest BCUT2D eigenvalue weighted by Crippen LogP contribution is 2.32. The summed E-state index contributed by atoms with van der Waals surface area (Å²) < 4.78 is 6.21. The first-order chi connectivity index (χ1) is 18.2. The predicted octanol–water partition coefficient (Wildman–Crippen LogP) is 6.10. The summed E-state index contributed by atoms with van der Waals surface area (Å²) >= 11 is 10.1. The normalized spacial score (nSPS) is 14.1. The van der Waals surface area contributed by atoms with Crippen molar-refractivity contribution in [2.45, 2.75) is 6.92 Å². The number of rotatable bonds is 8. The number of nitrogens with one attached hydrogen (secondary N) is 2. The van der Waals surface area contributed by atoms with Crippen LogP contribution in [0, 0.1) is 6.92 Å². The maximum absolute atomic E-state index is 12.8. The van der Waals surface area contributed by atoms with Crippen LogP contribution in [0.15, 0.2) is 76.1 Å². The van der Waals surface area contributed by atoms with Crippen LogP contribution < -0.4 is 15.4 Å². The topological polar surface area (TPSA) is 105 Å². The molecule has 3 aromatic carbocycles. The van der Waals surface area contributed by atoms with E-state index in [2.05, 4.69) is 26.6 Å². The number of anilines is 2. The highest BCUT2D eigenvalue weighted by atomic mass is 79.9. The third-order valence-corrected chi connectivity index (χ3v) is 7.37. The van der Waals surface area contributed by atoms with Gasteiger partial charge in [0, 0.05) is 15.8 Å². The van der Waals surface area contributed by atoms with E-state index in [0.717, 1.165) is 22.2 Å². The highest BCUT2D eigenvalue weighted by molar-refractivity contribution is 9.10. The zero-order chi connectivity index (χ0) is 27.2. The third-order valence-electron chi connectivity index (χ3n) is 5.23. The van der Waals surface area contributed by atoms with Crippen LogP contribution in [0.1, 0.15) is 11.1 Å². The van der Waals surface area contributed by atoms with Gasteiger partial charge in [0.15, 0.2) is 6.61 Å². The first-order valence-corrected chi connectivity index (χ1v) is 13.3. The van der Waals surface area contributed by atoms with Crippen molar-refractivity contribution in [3.8, 4) is 5.75 Å². The minimum Gasteiger partial charge on any atom is -0.484 e. The van der Waals surface area contributed by atoms with Crippen molar-refractivity contribution >= 4 is 79.7 Å². The molecule has 0 atom stereocenters. The Morgan fingerprint density at radius 1 is 1.00 bits per heavy atom. The number of benzene rings is 3. The summed E-state index contributed by atoms with van der Waals surface area (Å²) in [5.74, 6) is -0.906. The van der Waals surface area contributed by atoms with E-state index in [9.17, 15) is 19.2 Å². The van der Waals surface area contributed by atoms with Gasteiger partial charge >= 0.3 is 0 Å². The Morgan fingerprint density at radius 3 is 2.42 bits per heavy atom. The first-order valence-electron chi connectivity index (χ1n) is 11.3. The van der Waals surface area contributed by atoms with Gasteiger partial charge in [0.1, 0.15) is 12.3 Å². The SMILES string of the molecule is Cc1cccc(NC(=O)COc2ccc(/C=C3/SC(=O)N(CC(=O)Nc4ccc(Br)c(Cl)c4)C3=O)cc2)c1. The third kappa shape index (κ3) is 7.25. The van der Waals surface area contributed by atoms with E-state index in [1.54, 1.807) is 54.6 Å². The molecule has 0 spiro atoms. The Morgan fingerprint density at radius 2 is 1.71 bits per heavy atom. The van der Waals surface area contributed by atoms with Gasteiger partial charge in [-0.05, 0) is 94.3 Å². The molecule has 0 saturated carbocycles. The Kier molecular flexibility index (Phi) is 8.88. The van der Waals surface area contributed by atoms with E-state index in [0.29, 0.717) is 32.2 Å². The molecule has 0 bridgehead atoms. The molecule has 11 heteroatoms. The number of imide groups is 1. The van der Waals surface area contributed by atoms with Crippen LogP contribution in [0.2, 0.25) is 5.02 Å². The Hall–Kier alpha value is -3.60. The smallest absolute Gasteiger partial charge is 0.294 e. The average molecular weight is 615 g/mol. The number of amides is 4. The number of carbonyl (C=O) groups excluding carboxylic acids is 4. The molecule has 0 unspecified atom stereocenters. The molecule has 1 heterocycles. The van der Waals surface area contributed by atoms with Gasteiger partial charge in [0.2, 0.25) is 5.91 Å². The second kappa shape index (κ2) is 12.3. The summed E-state index contributed by atoms with van der Waals surface area (Å²) in [5.41, 5.74) is 2.83. The van der Waals surface area contributed by atoms with Crippen molar-refractivity contribution in [1.82, 2.24) is 4.90 Å². The molecule has 194 valence electrons. The number of aryl methyl sites for hydroxylation is 1. The second-order valence-corrected chi connectivity index (χ2v) is 10.5. The van der Waals surface area contributed by atoms with Gasteiger partial charge in [-0.3, -0.25) is 24.1 Å². The lowest BCUT2D eigenvalue weighted by Crippen LogP contribution is -2.36. The summed E-state index contributed by atoms with van der Waals surface area (Å²) in [6.07, 6.45) is 1.56. The molecule has 38 heavy (non-hydrogen) atoms. The van der Waals surface area contributed by atoms with Gasteiger partial charge in [-0.25, -0.2) is 0 Å². The van der Waals surface area contributed by atoms with Crippen LogP contribution in [0.4, 0.5) is 16.2 Å². The van der Waals surface area contributed by atoms with Crippen LogP contribution in [-0.2, 0) is 14.4 Å². The van der Waals surface area contributed by atoms with Gasteiger partial charge < -0.3 is 15.4 Å². The fraction of sp³-hybridized carbons (Fsp3) is 0.111. The average Bonchev–Trinajstić information content (AvgIpc) is 3.13. The van der Waals surface area contributed by atoms with E-state index in [1.165, 1.54) is 0 Å². The van der Waals surface area contributed by atoms with Crippen LogP contribution in [0.5, 0.6) is 5.75 Å². The summed E-state index contributed by atoms with van der Waals surface area (Å²) in [6, 6.07) is 19.0. The monoisotopic (exact) mass is 613 g/mol. The molecule has 4 amide bonds. The Bertz CT molecular complexity index is 1440. The quantitative estimate of drug-likeness (QED) is 0.297. The van der Waals surface area contributed by atoms with E-state index in [1.807, 2.05) is 25.1 Å². The lowest BCUT2D eigenvalue weighted by atomic mass is 10.2. The fourth-order valence-electron chi connectivity index (χ4n) is 3.43. The number of halogens is 2. The van der Waals surface area contributed by atoms with E-state index in [4.69, 9.17) is 16.3 Å². The van der Waals surface area contributed by atoms with Crippen molar-refractivity contribution in [1.29, 1.82) is 0 Å². The van der Waals surface area contributed by atoms with Crippen LogP contribution in [-0.4, -0.2) is 41.0 Å². The second-order valence-electron chi connectivity index (χ2n) is 8.22. The molecule has 0 radical (unpaired) electrons. The van der Waals surface area contributed by atoms with Gasteiger partial charge in [0.05, 0.1) is 9.93 Å². The molecule has 0 aromatic heterocycles. The fourth-order valence-corrected chi connectivity index (χ4v) is 4.70. The van der Waals surface area contributed by atoms with Gasteiger partial charge in [-0.15, -0.1) is 0 Å². The Labute approximate surface area is 236 Å². The maximum atomic E-state index is 12.8. The number of carbonyl (C=O) groups is 4. The zero-order valence-corrected chi connectivity index (χ0v) is 23.2. The van der Waals surface area contributed by atoms with Gasteiger partial charge in [-0.2, -0.15) is 0 Å². The molecule has 1 aliphatic heterocycles. The number of hydrogen-bond donors (Lipinski definition) is 2. The molecule has 0 aliphatic carbocycles. The number of thioether (sulfide) groups is 1. The van der Waals surface area contributed by atoms with Gasteiger partial charge in [-0.1, -0.05) is 35.9 Å². The zero-order valence-electron chi connectivity index (χ0n) is 20.0. The molecule has 8 nitrogen and oxygen atoms in total. The van der Waals surface area contributed by atoms with E-state index >= 15 is 0 Å². The lowest BCUT2D eigenvalue weighted by Gasteiger charge is -2.12. The molecular formula is C27H21BrClN3O5S. The molecule has 1 fully saturated rings. The molecule has 3 aromatic rings. The first kappa shape index (κ1) is 27.4. The van der Waals surface area contributed by atoms with Crippen LogP contribution in [0.3, 0.4) is 0 Å². The lowest BCUT2D eigenvalue weighted by molar-refractivity contribution is -0.127. The number of ether oxygens (including phenoxy) is 1. The van der Waals surface area contributed by atoms with Crippen molar-refractivity contribution in [3.63, 3.8) is 0 Å². The predicted molar refractivity (Wildman–Crippen MR) is 152 cm³/mol. The summed E-state index contributed by atoms with van der Waals surface area (Å²) in [6.45, 7) is 1.35. The van der Waals surface area contributed by atoms with E-state index < -0.39 is 23.6 Å². The Balaban J connectivity index is 1.31. The number of nitrogens with zero attached hydrogens (tertiary/aromatic N) is 1. The van der Waals surface area contributed by atoms with Gasteiger partial charge in [0.25, 0.3) is 17.1 Å². The van der Waals surface area contributed by atoms with Crippen molar-refractivity contribution < 1.29 is 23.9 Å². The summed E-state index contributed by atoms with van der Waals surface area (Å²) in [4.78, 5) is 50.8. The van der Waals surface area contributed by atoms with Crippen LogP contribution in [0.25, 0.3) is 6.08 Å². The molecule has 4 rings (SSSR count). The van der Waals surface area contributed by atoms with Crippen molar-refractivity contribution in [3.05, 3.63) is 92.3 Å². The van der Waals surface area contributed by atoms with Crippen molar-refractivity contribution in [2.75, 3.05) is 23.8 Å². The minimum absolute atomic E-state index is 0.166. The molecule has 1 saturated heterocycles. The molecular weight excluding hydrogens is 594 g/mol. The molecule has 2 N–H and O–H groups in total. The minimum atomic E-state index is -0.558. The standard InChI is InChI=1S/C27H21BrClN3O5S/c1-16-3-2-4-18(11-16)31-25(34)15-37-20-8-5-17(6-9-20)12-23-26(35)32(27(36)38-23)14-24(33)30-19-7-10-21(28)22(29)13-19/h2-13H,14-15H2,1H3,(H,30,33)(H,31,34)/b23-12+. The maximum Gasteiger partial charge on any atom is 0.294 e. The van der Waals surface area contributed by atoms with E-state index in [-0.39, 0.29) is 17.4 Å². The highest BCUT2D eigenvalue weighted by Gasteiger charge is 2.36.